The number of carbonyl (C=O) groups excluding carboxylic acids is 2. The summed E-state index contributed by atoms with van der Waals surface area (Å²) >= 11 is 1.31. The molecule has 0 saturated carbocycles. The Morgan fingerprint density at radius 1 is 1.09 bits per heavy atom. The molecular weight excluding hydrogens is 436 g/mol. The van der Waals surface area contributed by atoms with Crippen LogP contribution in [0, 0.1) is 5.92 Å². The number of carbonyl (C=O) groups is 2. The average Bonchev–Trinajstić information content (AvgIpc) is 3.17. The zero-order chi connectivity index (χ0) is 23.8. The van der Waals surface area contributed by atoms with Crippen molar-refractivity contribution in [1.29, 1.82) is 0 Å². The van der Waals surface area contributed by atoms with E-state index in [2.05, 4.69) is 48.4 Å². The van der Waals surface area contributed by atoms with E-state index in [1.54, 1.807) is 24.3 Å². The van der Waals surface area contributed by atoms with Gasteiger partial charge in [-0.15, -0.1) is 10.2 Å². The summed E-state index contributed by atoms with van der Waals surface area (Å²) in [5.41, 5.74) is 2.26. The zero-order valence-electron chi connectivity index (χ0n) is 19.5. The number of rotatable bonds is 11. The van der Waals surface area contributed by atoms with E-state index in [1.807, 2.05) is 16.7 Å². The van der Waals surface area contributed by atoms with E-state index in [-0.39, 0.29) is 17.4 Å². The number of thioether (sulfide) groups is 1. The summed E-state index contributed by atoms with van der Waals surface area (Å²) in [5, 5.41) is 12.1. The van der Waals surface area contributed by atoms with Crippen LogP contribution in [0.3, 0.4) is 0 Å². The highest BCUT2D eigenvalue weighted by Gasteiger charge is 2.17. The third-order valence-corrected chi connectivity index (χ3v) is 5.92. The number of hydrogen-bond acceptors (Lipinski definition) is 6. The highest BCUT2D eigenvalue weighted by molar-refractivity contribution is 7.99. The molecule has 1 N–H and O–H groups in total. The Kier molecular flexibility index (Phi) is 8.65. The number of aromatic nitrogens is 3. The van der Waals surface area contributed by atoms with Crippen LogP contribution in [0.5, 0.6) is 5.75 Å². The molecule has 0 atom stereocenters. The van der Waals surface area contributed by atoms with Gasteiger partial charge in [-0.1, -0.05) is 56.8 Å². The van der Waals surface area contributed by atoms with E-state index in [1.165, 1.54) is 24.2 Å². The molecule has 3 rings (SSSR count). The van der Waals surface area contributed by atoms with Crippen molar-refractivity contribution < 1.29 is 14.3 Å². The van der Waals surface area contributed by atoms with Crippen LogP contribution >= 0.6 is 11.8 Å². The lowest BCUT2D eigenvalue weighted by Crippen LogP contribution is -2.17. The van der Waals surface area contributed by atoms with Crippen molar-refractivity contribution in [3.8, 4) is 5.75 Å². The number of amides is 1. The highest BCUT2D eigenvalue weighted by Crippen LogP contribution is 2.22. The van der Waals surface area contributed by atoms with E-state index < -0.39 is 0 Å². The topological polar surface area (TPSA) is 86.1 Å². The van der Waals surface area contributed by atoms with Crippen LogP contribution in [-0.2, 0) is 24.4 Å². The molecule has 1 aromatic heterocycles. The van der Waals surface area contributed by atoms with Crippen molar-refractivity contribution >= 4 is 29.1 Å². The summed E-state index contributed by atoms with van der Waals surface area (Å²) in [5.74, 6) is 1.73. The van der Waals surface area contributed by atoms with Gasteiger partial charge in [0.2, 0.25) is 5.91 Å². The zero-order valence-corrected chi connectivity index (χ0v) is 20.3. The van der Waals surface area contributed by atoms with E-state index in [0.29, 0.717) is 34.8 Å². The minimum absolute atomic E-state index is 0.0933. The predicted octanol–water partition coefficient (Wildman–Crippen LogP) is 5.01. The van der Waals surface area contributed by atoms with E-state index in [4.69, 9.17) is 4.74 Å². The maximum atomic E-state index is 12.5. The van der Waals surface area contributed by atoms with Gasteiger partial charge in [-0.2, -0.15) is 0 Å². The first-order chi connectivity index (χ1) is 15.9. The molecule has 33 heavy (non-hydrogen) atoms. The predicted molar refractivity (Wildman–Crippen MR) is 131 cm³/mol. The van der Waals surface area contributed by atoms with E-state index >= 15 is 0 Å². The van der Waals surface area contributed by atoms with Gasteiger partial charge in [0.1, 0.15) is 12.4 Å². The first-order valence-corrected chi connectivity index (χ1v) is 12.0. The Morgan fingerprint density at radius 2 is 1.82 bits per heavy atom. The Labute approximate surface area is 198 Å². The third kappa shape index (κ3) is 6.92. The number of nitrogens with one attached hydrogen (secondary N) is 1. The highest BCUT2D eigenvalue weighted by atomic mass is 32.2. The van der Waals surface area contributed by atoms with Gasteiger partial charge < -0.3 is 14.6 Å². The van der Waals surface area contributed by atoms with Crippen LogP contribution in [0.2, 0.25) is 0 Å². The summed E-state index contributed by atoms with van der Waals surface area (Å²) < 4.78 is 7.93. The van der Waals surface area contributed by atoms with Gasteiger partial charge in [-0.25, -0.2) is 0 Å². The number of ketones is 1. The molecule has 7 nitrogen and oxygen atoms in total. The van der Waals surface area contributed by atoms with Gasteiger partial charge in [0, 0.05) is 12.1 Å². The van der Waals surface area contributed by atoms with Crippen molar-refractivity contribution in [3.63, 3.8) is 0 Å². The Morgan fingerprint density at radius 3 is 2.48 bits per heavy atom. The fourth-order valence-corrected chi connectivity index (χ4v) is 4.03. The van der Waals surface area contributed by atoms with Crippen molar-refractivity contribution in [2.75, 3.05) is 11.1 Å². The van der Waals surface area contributed by atoms with Crippen molar-refractivity contribution in [3.05, 3.63) is 65.5 Å². The SMILES string of the molecule is CCc1ccc(OCc2nnc(SCC(=O)Nc3ccccc3C(C)=O)n2CC(C)C)cc1. The molecule has 0 fully saturated rings. The van der Waals surface area contributed by atoms with Crippen molar-refractivity contribution in [1.82, 2.24) is 14.8 Å². The molecule has 0 aliphatic heterocycles. The largest absolute Gasteiger partial charge is 0.486 e. The molecule has 2 aromatic carbocycles. The van der Waals surface area contributed by atoms with Crippen LogP contribution in [0.1, 0.15) is 49.4 Å². The number of anilines is 1. The van der Waals surface area contributed by atoms with Gasteiger partial charge in [-0.3, -0.25) is 9.59 Å². The maximum absolute atomic E-state index is 12.5. The first kappa shape index (κ1) is 24.5. The van der Waals surface area contributed by atoms with Gasteiger partial charge >= 0.3 is 0 Å². The van der Waals surface area contributed by atoms with Gasteiger partial charge in [-0.05, 0) is 49.1 Å². The summed E-state index contributed by atoms with van der Waals surface area (Å²) in [7, 11) is 0. The summed E-state index contributed by atoms with van der Waals surface area (Å²) in [6.45, 7) is 8.85. The number of ether oxygens (including phenoxy) is 1. The number of benzene rings is 2. The van der Waals surface area contributed by atoms with Crippen LogP contribution in [-0.4, -0.2) is 32.2 Å². The lowest BCUT2D eigenvalue weighted by Gasteiger charge is -2.13. The molecular formula is C25H30N4O3S. The second-order valence-corrected chi connectivity index (χ2v) is 9.07. The fraction of sp³-hybridized carbons (Fsp3) is 0.360. The summed E-state index contributed by atoms with van der Waals surface area (Å²) in [6.07, 6.45) is 0.984. The quantitative estimate of drug-likeness (QED) is 0.316. The monoisotopic (exact) mass is 466 g/mol. The first-order valence-electron chi connectivity index (χ1n) is 11.0. The molecule has 8 heteroatoms. The normalized spacial score (nSPS) is 10.9. The molecule has 0 radical (unpaired) electrons. The fourth-order valence-electron chi connectivity index (χ4n) is 3.27. The Hall–Kier alpha value is -3.13. The minimum Gasteiger partial charge on any atom is -0.486 e. The molecule has 0 bridgehead atoms. The second kappa shape index (κ2) is 11.7. The number of hydrogen-bond donors (Lipinski definition) is 1. The van der Waals surface area contributed by atoms with Gasteiger partial charge in [0.25, 0.3) is 0 Å². The molecule has 1 amide bonds. The van der Waals surface area contributed by atoms with Crippen LogP contribution in [0.15, 0.2) is 53.7 Å². The van der Waals surface area contributed by atoms with Crippen molar-refractivity contribution in [2.24, 2.45) is 5.92 Å². The average molecular weight is 467 g/mol. The van der Waals surface area contributed by atoms with Crippen molar-refractivity contribution in [2.45, 2.75) is 52.4 Å². The molecule has 1 heterocycles. The second-order valence-electron chi connectivity index (χ2n) is 8.13. The molecule has 3 aromatic rings. The molecule has 0 spiro atoms. The third-order valence-electron chi connectivity index (χ3n) is 4.95. The van der Waals surface area contributed by atoms with Crippen LogP contribution < -0.4 is 10.1 Å². The smallest absolute Gasteiger partial charge is 0.234 e. The van der Waals surface area contributed by atoms with Crippen LogP contribution in [0.4, 0.5) is 5.69 Å². The molecule has 0 aliphatic carbocycles. The van der Waals surface area contributed by atoms with Gasteiger partial charge in [0.05, 0.1) is 11.4 Å². The maximum Gasteiger partial charge on any atom is 0.234 e. The van der Waals surface area contributed by atoms with Gasteiger partial charge in [0.15, 0.2) is 16.8 Å². The number of para-hydroxylation sites is 1. The minimum atomic E-state index is -0.207. The number of Topliss-reactive ketones (excluding diaryl/α,β-unsaturated/α-hetero) is 1. The molecule has 0 aliphatic rings. The lowest BCUT2D eigenvalue weighted by molar-refractivity contribution is -0.113. The van der Waals surface area contributed by atoms with E-state index in [0.717, 1.165) is 18.7 Å². The molecule has 174 valence electrons. The molecule has 0 saturated heterocycles. The summed E-state index contributed by atoms with van der Waals surface area (Å²) in [6, 6.07) is 15.0. The number of aryl methyl sites for hydroxylation is 1. The standard InChI is InChI=1S/C25H30N4O3S/c1-5-19-10-12-20(13-11-19)32-15-23-27-28-25(29(23)14-17(2)3)33-16-24(31)26-22-9-7-6-8-21(22)18(4)30/h6-13,17H,5,14-16H2,1-4H3,(H,26,31). The summed E-state index contributed by atoms with van der Waals surface area (Å²) in [4.78, 5) is 24.3. The number of nitrogens with zero attached hydrogens (tertiary/aromatic N) is 3. The lowest BCUT2D eigenvalue weighted by atomic mass is 10.1. The van der Waals surface area contributed by atoms with E-state index in [9.17, 15) is 9.59 Å². The molecule has 0 unspecified atom stereocenters. The van der Waals surface area contributed by atoms with Crippen LogP contribution in [0.25, 0.3) is 0 Å². The Bertz CT molecular complexity index is 1090. The Balaban J connectivity index is 1.65.